The van der Waals surface area contributed by atoms with Crippen LogP contribution in [0, 0.1) is 11.8 Å². The Hall–Kier alpha value is -1.26. The molecule has 132 valence electrons. The fourth-order valence-corrected chi connectivity index (χ4v) is 3.56. The average Bonchev–Trinajstić information content (AvgIpc) is 2.62. The van der Waals surface area contributed by atoms with Crippen LogP contribution in [-0.2, 0) is 0 Å². The lowest BCUT2D eigenvalue weighted by molar-refractivity contribution is 0.0762. The van der Waals surface area contributed by atoms with Gasteiger partial charge in [0.2, 0.25) is 0 Å². The predicted molar refractivity (Wildman–Crippen MR) is 103 cm³/mol. The lowest BCUT2D eigenvalue weighted by Crippen LogP contribution is -2.26. The van der Waals surface area contributed by atoms with Crippen molar-refractivity contribution >= 4 is 0 Å². The summed E-state index contributed by atoms with van der Waals surface area (Å²) in [5.74, 6) is 6.41. The fourth-order valence-electron chi connectivity index (χ4n) is 3.56. The van der Waals surface area contributed by atoms with Gasteiger partial charge < -0.3 is 5.11 Å². The van der Waals surface area contributed by atoms with E-state index in [1.54, 1.807) is 0 Å². The normalized spacial score (nSPS) is 20.9. The highest BCUT2D eigenvalue weighted by atomic mass is 16.3. The summed E-state index contributed by atoms with van der Waals surface area (Å²) >= 11 is 0. The number of rotatable bonds is 0. The van der Waals surface area contributed by atoms with Crippen LogP contribution >= 0.6 is 0 Å². The van der Waals surface area contributed by atoms with Crippen LogP contribution in [0.4, 0.5) is 0 Å². The minimum atomic E-state index is -0.796. The van der Waals surface area contributed by atoms with E-state index in [1.165, 1.54) is 64.2 Å². The first-order valence-electron chi connectivity index (χ1n) is 10.1. The molecule has 0 bridgehead atoms. The molecule has 24 heavy (non-hydrogen) atoms. The Morgan fingerprint density at radius 2 is 1.04 bits per heavy atom. The van der Waals surface area contributed by atoms with Crippen molar-refractivity contribution < 1.29 is 5.11 Å². The Balaban J connectivity index is 1.93. The summed E-state index contributed by atoms with van der Waals surface area (Å²) < 4.78 is 0. The molecule has 1 aliphatic rings. The zero-order valence-corrected chi connectivity index (χ0v) is 15.2. The molecule has 0 aromatic heterocycles. The smallest absolute Gasteiger partial charge is 0.125 e. The number of benzene rings is 1. The summed E-state index contributed by atoms with van der Waals surface area (Å²) in [6.07, 6.45) is 17.2. The van der Waals surface area contributed by atoms with Gasteiger partial charge in [0, 0.05) is 5.56 Å². The number of hydrogen-bond donors (Lipinski definition) is 1. The molecular weight excluding hydrogens is 292 g/mol. The van der Waals surface area contributed by atoms with Crippen LogP contribution in [0.3, 0.4) is 0 Å². The maximum Gasteiger partial charge on any atom is 0.125 e. The predicted octanol–water partition coefficient (Wildman–Crippen LogP) is 6.24. The van der Waals surface area contributed by atoms with Crippen molar-refractivity contribution in [2.24, 2.45) is 0 Å². The van der Waals surface area contributed by atoms with E-state index in [1.807, 2.05) is 30.3 Å². The van der Waals surface area contributed by atoms with E-state index in [-0.39, 0.29) is 0 Å². The highest BCUT2D eigenvalue weighted by molar-refractivity contribution is 5.35. The van der Waals surface area contributed by atoms with Gasteiger partial charge in [-0.3, -0.25) is 0 Å². The summed E-state index contributed by atoms with van der Waals surface area (Å²) in [5.41, 5.74) is 0.206. The molecule has 1 nitrogen and oxygen atoms in total. The second-order valence-corrected chi connectivity index (χ2v) is 7.39. The van der Waals surface area contributed by atoms with E-state index in [0.29, 0.717) is 0 Å². The van der Waals surface area contributed by atoms with Crippen LogP contribution < -0.4 is 0 Å². The van der Waals surface area contributed by atoms with Crippen LogP contribution in [-0.4, -0.2) is 10.7 Å². The van der Waals surface area contributed by atoms with Crippen LogP contribution in [0.25, 0.3) is 0 Å². The van der Waals surface area contributed by atoms with Gasteiger partial charge in [-0.2, -0.15) is 0 Å². The molecule has 2 rings (SSSR count). The Labute approximate surface area is 148 Å². The van der Waals surface area contributed by atoms with Crippen molar-refractivity contribution in [2.45, 2.75) is 95.5 Å². The first-order valence-corrected chi connectivity index (χ1v) is 10.1. The van der Waals surface area contributed by atoms with Gasteiger partial charge in [0.05, 0.1) is 0 Å². The lowest BCUT2D eigenvalue weighted by atomic mass is 9.90. The van der Waals surface area contributed by atoms with E-state index >= 15 is 0 Å². The highest BCUT2D eigenvalue weighted by Crippen LogP contribution is 2.24. The number of hydrogen-bond acceptors (Lipinski definition) is 1. The zero-order valence-electron chi connectivity index (χ0n) is 15.2. The van der Waals surface area contributed by atoms with Gasteiger partial charge in [-0.05, 0) is 37.8 Å². The number of aliphatic hydroxyl groups is 1. The maximum atomic E-state index is 11.0. The monoisotopic (exact) mass is 326 g/mol. The van der Waals surface area contributed by atoms with Crippen molar-refractivity contribution in [3.05, 3.63) is 35.9 Å². The molecule has 0 radical (unpaired) electrons. The topological polar surface area (TPSA) is 20.2 Å². The summed E-state index contributed by atoms with van der Waals surface area (Å²) in [5, 5.41) is 11.0. The van der Waals surface area contributed by atoms with E-state index < -0.39 is 5.60 Å². The Bertz CT molecular complexity index is 478. The third kappa shape index (κ3) is 8.02. The Morgan fingerprint density at radius 3 is 1.50 bits per heavy atom. The van der Waals surface area contributed by atoms with Gasteiger partial charge in [-0.25, -0.2) is 0 Å². The first kappa shape index (κ1) is 19.1. The first-order chi connectivity index (χ1) is 11.8. The van der Waals surface area contributed by atoms with Crippen molar-refractivity contribution in [3.63, 3.8) is 0 Å². The molecule has 1 heteroatoms. The SMILES string of the molecule is OC1(C#Cc2ccccc2)CCCCCCCCCCCCCC1. The molecule has 0 unspecified atom stereocenters. The lowest BCUT2D eigenvalue weighted by Gasteiger charge is -2.22. The largest absolute Gasteiger partial charge is 0.378 e. The van der Waals surface area contributed by atoms with E-state index in [9.17, 15) is 5.11 Å². The molecule has 1 N–H and O–H groups in total. The minimum Gasteiger partial charge on any atom is -0.378 e. The molecule has 0 aliphatic heterocycles. The fraction of sp³-hybridized carbons (Fsp3) is 0.652. The third-order valence-corrected chi connectivity index (χ3v) is 5.14. The molecule has 1 aliphatic carbocycles. The van der Waals surface area contributed by atoms with Crippen LogP contribution in [0.2, 0.25) is 0 Å². The molecule has 0 saturated heterocycles. The molecule has 1 aromatic rings. The summed E-state index contributed by atoms with van der Waals surface area (Å²) in [6, 6.07) is 10.0. The maximum absolute atomic E-state index is 11.0. The minimum absolute atomic E-state index is 0.796. The molecule has 0 amide bonds. The van der Waals surface area contributed by atoms with Gasteiger partial charge >= 0.3 is 0 Å². The van der Waals surface area contributed by atoms with E-state index in [2.05, 4.69) is 11.8 Å². The molecule has 1 saturated carbocycles. The molecule has 0 atom stereocenters. The van der Waals surface area contributed by atoms with Gasteiger partial charge in [0.1, 0.15) is 5.60 Å². The Morgan fingerprint density at radius 1 is 0.625 bits per heavy atom. The second-order valence-electron chi connectivity index (χ2n) is 7.39. The average molecular weight is 327 g/mol. The van der Waals surface area contributed by atoms with Crippen molar-refractivity contribution in [1.82, 2.24) is 0 Å². The molecule has 0 heterocycles. The Kier molecular flexibility index (Phi) is 9.00. The van der Waals surface area contributed by atoms with Crippen LogP contribution in [0.1, 0.15) is 95.5 Å². The second kappa shape index (κ2) is 11.3. The molecule has 1 aromatic carbocycles. The summed E-state index contributed by atoms with van der Waals surface area (Å²) in [7, 11) is 0. The summed E-state index contributed by atoms with van der Waals surface area (Å²) in [6.45, 7) is 0. The van der Waals surface area contributed by atoms with Crippen LogP contribution in [0.15, 0.2) is 30.3 Å². The highest BCUT2D eigenvalue weighted by Gasteiger charge is 2.23. The van der Waals surface area contributed by atoms with Gasteiger partial charge in [0.15, 0.2) is 0 Å². The van der Waals surface area contributed by atoms with Gasteiger partial charge in [-0.15, -0.1) is 0 Å². The standard InChI is InChI=1S/C23H34O/c24-23(21-18-22-16-12-11-13-17-22)19-14-9-7-5-3-1-2-4-6-8-10-15-20-23/h11-13,16-17,24H,1-10,14-15,19-20H2. The zero-order chi connectivity index (χ0) is 16.9. The van der Waals surface area contributed by atoms with Crippen LogP contribution in [0.5, 0.6) is 0 Å². The third-order valence-electron chi connectivity index (χ3n) is 5.14. The molecular formula is C23H34O. The van der Waals surface area contributed by atoms with E-state index in [0.717, 1.165) is 31.2 Å². The quantitative estimate of drug-likeness (QED) is 0.559. The summed E-state index contributed by atoms with van der Waals surface area (Å²) in [4.78, 5) is 0. The molecule has 1 fully saturated rings. The van der Waals surface area contributed by atoms with Gasteiger partial charge in [0.25, 0.3) is 0 Å². The van der Waals surface area contributed by atoms with E-state index in [4.69, 9.17) is 0 Å². The van der Waals surface area contributed by atoms with Crippen molar-refractivity contribution in [2.75, 3.05) is 0 Å². The van der Waals surface area contributed by atoms with Crippen molar-refractivity contribution in [1.29, 1.82) is 0 Å². The molecule has 0 spiro atoms. The van der Waals surface area contributed by atoms with Crippen molar-refractivity contribution in [3.8, 4) is 11.8 Å². The van der Waals surface area contributed by atoms with Gasteiger partial charge in [-0.1, -0.05) is 94.2 Å².